The van der Waals surface area contributed by atoms with Gasteiger partial charge in [-0.1, -0.05) is 22.9 Å². The van der Waals surface area contributed by atoms with Crippen LogP contribution in [0.5, 0.6) is 0 Å². The van der Waals surface area contributed by atoms with E-state index in [0.717, 1.165) is 22.4 Å². The molecule has 1 aromatic heterocycles. The molecule has 1 aromatic carbocycles. The van der Waals surface area contributed by atoms with Crippen LogP contribution in [0.1, 0.15) is 35.1 Å². The van der Waals surface area contributed by atoms with Gasteiger partial charge in [-0.25, -0.2) is 0 Å². The van der Waals surface area contributed by atoms with Crippen LogP contribution < -0.4 is 10.6 Å². The van der Waals surface area contributed by atoms with Crippen LogP contribution in [0.3, 0.4) is 0 Å². The van der Waals surface area contributed by atoms with Crippen LogP contribution in [0.2, 0.25) is 0 Å². The third-order valence-electron chi connectivity index (χ3n) is 3.98. The zero-order chi connectivity index (χ0) is 19.1. The molecule has 2 amide bonds. The van der Waals surface area contributed by atoms with Gasteiger partial charge in [0.25, 0.3) is 5.91 Å². The van der Waals surface area contributed by atoms with E-state index in [1.54, 1.807) is 12.1 Å². The minimum Gasteiger partial charge on any atom is -0.356 e. The average Bonchev–Trinajstić information content (AvgIpc) is 2.90. The smallest absolute Gasteiger partial charge is 0.251 e. The largest absolute Gasteiger partial charge is 0.356 e. The predicted molar refractivity (Wildman–Crippen MR) is 105 cm³/mol. The SMILES string of the molecule is Cc1cc(C)n(CC(C)CNC(=O)CCNC(=O)c2ccc(Br)cc2)n1. The average molecular weight is 421 g/mol. The van der Waals surface area contributed by atoms with Gasteiger partial charge in [-0.3, -0.25) is 14.3 Å². The Kier molecular flexibility index (Phi) is 7.38. The predicted octanol–water partition coefficient (Wildman–Crippen LogP) is 2.83. The van der Waals surface area contributed by atoms with Crippen molar-refractivity contribution >= 4 is 27.7 Å². The van der Waals surface area contributed by atoms with Gasteiger partial charge in [0.1, 0.15) is 0 Å². The van der Waals surface area contributed by atoms with E-state index in [2.05, 4.69) is 38.6 Å². The quantitative estimate of drug-likeness (QED) is 0.689. The number of amides is 2. The number of rotatable bonds is 8. The van der Waals surface area contributed by atoms with Crippen LogP contribution in [0.15, 0.2) is 34.8 Å². The third kappa shape index (κ3) is 6.29. The van der Waals surface area contributed by atoms with Gasteiger partial charge in [0.05, 0.1) is 5.69 Å². The van der Waals surface area contributed by atoms with Gasteiger partial charge in [0.2, 0.25) is 5.91 Å². The second-order valence-electron chi connectivity index (χ2n) is 6.53. The molecule has 2 aromatic rings. The summed E-state index contributed by atoms with van der Waals surface area (Å²) in [5, 5.41) is 10.1. The van der Waals surface area contributed by atoms with E-state index < -0.39 is 0 Å². The minimum atomic E-state index is -0.178. The summed E-state index contributed by atoms with van der Waals surface area (Å²) in [4.78, 5) is 23.9. The number of carbonyl (C=O) groups excluding carboxylic acids is 2. The van der Waals surface area contributed by atoms with Gasteiger partial charge in [-0.05, 0) is 50.1 Å². The normalized spacial score (nSPS) is 11.8. The summed E-state index contributed by atoms with van der Waals surface area (Å²) in [5.41, 5.74) is 2.70. The molecule has 0 radical (unpaired) electrons. The highest BCUT2D eigenvalue weighted by Gasteiger charge is 2.10. The number of hydrogen-bond acceptors (Lipinski definition) is 3. The molecule has 0 spiro atoms. The maximum atomic E-state index is 12.0. The molecular weight excluding hydrogens is 396 g/mol. The summed E-state index contributed by atoms with van der Waals surface area (Å²) in [5.74, 6) is 0.0267. The van der Waals surface area contributed by atoms with E-state index >= 15 is 0 Å². The molecule has 0 aliphatic rings. The zero-order valence-electron chi connectivity index (χ0n) is 15.4. The highest BCUT2D eigenvalue weighted by Crippen LogP contribution is 2.10. The first-order valence-electron chi connectivity index (χ1n) is 8.66. The van der Waals surface area contributed by atoms with Crippen LogP contribution in [0.25, 0.3) is 0 Å². The summed E-state index contributed by atoms with van der Waals surface area (Å²) < 4.78 is 2.88. The van der Waals surface area contributed by atoms with Gasteiger partial charge in [0, 0.05) is 41.8 Å². The lowest BCUT2D eigenvalue weighted by atomic mass is 10.2. The van der Waals surface area contributed by atoms with Gasteiger partial charge < -0.3 is 10.6 Å². The van der Waals surface area contributed by atoms with E-state index in [9.17, 15) is 9.59 Å². The Balaban J connectivity index is 1.66. The van der Waals surface area contributed by atoms with E-state index in [-0.39, 0.29) is 24.2 Å². The van der Waals surface area contributed by atoms with Crippen molar-refractivity contribution in [1.82, 2.24) is 20.4 Å². The summed E-state index contributed by atoms with van der Waals surface area (Å²) in [6, 6.07) is 9.14. The van der Waals surface area contributed by atoms with Crippen LogP contribution in [0.4, 0.5) is 0 Å². The first-order chi connectivity index (χ1) is 12.3. The van der Waals surface area contributed by atoms with Crippen LogP contribution in [-0.4, -0.2) is 34.7 Å². The lowest BCUT2D eigenvalue weighted by Gasteiger charge is -2.14. The maximum Gasteiger partial charge on any atom is 0.251 e. The zero-order valence-corrected chi connectivity index (χ0v) is 17.0. The fourth-order valence-electron chi connectivity index (χ4n) is 2.59. The molecule has 26 heavy (non-hydrogen) atoms. The van der Waals surface area contributed by atoms with Crippen molar-refractivity contribution in [2.24, 2.45) is 5.92 Å². The molecular formula is C19H25BrN4O2. The first kappa shape index (κ1) is 20.2. The molecule has 0 saturated heterocycles. The van der Waals surface area contributed by atoms with Gasteiger partial charge in [-0.15, -0.1) is 0 Å². The van der Waals surface area contributed by atoms with Crippen molar-refractivity contribution in [2.75, 3.05) is 13.1 Å². The molecule has 0 aliphatic carbocycles. The number of aryl methyl sites for hydroxylation is 2. The lowest BCUT2D eigenvalue weighted by molar-refractivity contribution is -0.121. The van der Waals surface area contributed by atoms with E-state index in [1.807, 2.05) is 36.7 Å². The Morgan fingerprint density at radius 2 is 1.88 bits per heavy atom. The molecule has 140 valence electrons. The van der Waals surface area contributed by atoms with Crippen molar-refractivity contribution in [3.05, 3.63) is 51.8 Å². The summed E-state index contributed by atoms with van der Waals surface area (Å²) in [7, 11) is 0. The molecule has 0 aliphatic heterocycles. The molecule has 0 fully saturated rings. The van der Waals surface area contributed by atoms with Crippen LogP contribution in [-0.2, 0) is 11.3 Å². The molecule has 1 heterocycles. The van der Waals surface area contributed by atoms with Crippen molar-refractivity contribution in [1.29, 1.82) is 0 Å². The second-order valence-corrected chi connectivity index (χ2v) is 7.45. The second kappa shape index (κ2) is 9.52. The van der Waals surface area contributed by atoms with Gasteiger partial charge >= 0.3 is 0 Å². The van der Waals surface area contributed by atoms with Crippen LogP contribution in [0, 0.1) is 19.8 Å². The number of nitrogens with one attached hydrogen (secondary N) is 2. The summed E-state index contributed by atoms with van der Waals surface area (Å²) in [6.07, 6.45) is 0.259. The molecule has 0 bridgehead atoms. The Morgan fingerprint density at radius 3 is 2.50 bits per heavy atom. The highest BCUT2D eigenvalue weighted by atomic mass is 79.9. The molecule has 0 saturated carbocycles. The number of carbonyl (C=O) groups is 2. The molecule has 7 heteroatoms. The summed E-state index contributed by atoms with van der Waals surface area (Å²) in [6.45, 7) is 7.73. The molecule has 2 N–H and O–H groups in total. The Morgan fingerprint density at radius 1 is 1.19 bits per heavy atom. The highest BCUT2D eigenvalue weighted by molar-refractivity contribution is 9.10. The fraction of sp³-hybridized carbons (Fsp3) is 0.421. The summed E-state index contributed by atoms with van der Waals surface area (Å²) >= 11 is 3.33. The van der Waals surface area contributed by atoms with Crippen molar-refractivity contribution in [3.63, 3.8) is 0 Å². The van der Waals surface area contributed by atoms with Crippen molar-refractivity contribution < 1.29 is 9.59 Å². The Labute approximate surface area is 162 Å². The third-order valence-corrected chi connectivity index (χ3v) is 4.51. The molecule has 1 unspecified atom stereocenters. The van der Waals surface area contributed by atoms with E-state index in [0.29, 0.717) is 18.7 Å². The Hall–Kier alpha value is -2.15. The Bertz CT molecular complexity index is 755. The molecule has 1 atom stereocenters. The monoisotopic (exact) mass is 420 g/mol. The lowest BCUT2D eigenvalue weighted by Crippen LogP contribution is -2.33. The van der Waals surface area contributed by atoms with Gasteiger partial charge in [0.15, 0.2) is 0 Å². The topological polar surface area (TPSA) is 76.0 Å². The van der Waals surface area contributed by atoms with E-state index in [1.165, 1.54) is 0 Å². The number of halogens is 1. The first-order valence-corrected chi connectivity index (χ1v) is 9.46. The number of hydrogen-bond donors (Lipinski definition) is 2. The fourth-order valence-corrected chi connectivity index (χ4v) is 2.85. The molecule has 6 nitrogen and oxygen atoms in total. The maximum absolute atomic E-state index is 12.0. The van der Waals surface area contributed by atoms with E-state index in [4.69, 9.17) is 0 Å². The standard InChI is InChI=1S/C19H25BrN4O2/c1-13(12-24-15(3)10-14(2)23-24)11-22-18(25)8-9-21-19(26)16-4-6-17(20)7-5-16/h4-7,10,13H,8-9,11-12H2,1-3H3,(H,21,26)(H,22,25). The number of aromatic nitrogens is 2. The van der Waals surface area contributed by atoms with Crippen LogP contribution >= 0.6 is 15.9 Å². The van der Waals surface area contributed by atoms with Crippen molar-refractivity contribution in [3.8, 4) is 0 Å². The minimum absolute atomic E-state index is 0.0682. The number of benzene rings is 1. The van der Waals surface area contributed by atoms with Crippen molar-refractivity contribution in [2.45, 2.75) is 33.7 Å². The number of nitrogens with zero attached hydrogens (tertiary/aromatic N) is 2. The van der Waals surface area contributed by atoms with Gasteiger partial charge in [-0.2, -0.15) is 5.10 Å². The molecule has 2 rings (SSSR count).